The van der Waals surface area contributed by atoms with Gasteiger partial charge >= 0.3 is 0 Å². The largest absolute Gasteiger partial charge is 0.494 e. The molecule has 7 nitrogen and oxygen atoms in total. The number of hydrazone groups is 1. The number of carbonyl (C=O) groups is 1. The van der Waals surface area contributed by atoms with Crippen LogP contribution >= 0.6 is 0 Å². The van der Waals surface area contributed by atoms with E-state index in [1.165, 1.54) is 6.21 Å². The fourth-order valence-electron chi connectivity index (χ4n) is 2.44. The lowest BCUT2D eigenvalue weighted by molar-refractivity contribution is 0.0949. The summed E-state index contributed by atoms with van der Waals surface area (Å²) in [6, 6.07) is 13.0. The second kappa shape index (κ2) is 8.06. The van der Waals surface area contributed by atoms with Crippen LogP contribution in [0.15, 0.2) is 53.8 Å². The zero-order chi connectivity index (χ0) is 18.4. The van der Waals surface area contributed by atoms with E-state index in [1.807, 2.05) is 50.2 Å². The number of aromatic nitrogens is 3. The molecule has 0 fully saturated rings. The van der Waals surface area contributed by atoms with E-state index < -0.39 is 0 Å². The Kier molecular flexibility index (Phi) is 5.38. The van der Waals surface area contributed by atoms with Crippen LogP contribution in [0.3, 0.4) is 0 Å². The highest BCUT2D eigenvalue weighted by atomic mass is 16.5. The maximum atomic E-state index is 12.3. The molecule has 0 unspecified atom stereocenters. The number of nitrogens with zero attached hydrogens (tertiary/aromatic N) is 3. The Bertz CT molecular complexity index is 901. The Balaban J connectivity index is 1.71. The monoisotopic (exact) mass is 349 g/mol. The Hall–Kier alpha value is -3.48. The molecular formula is C19H19N5O2. The summed E-state index contributed by atoms with van der Waals surface area (Å²) in [5, 5.41) is 11.0. The van der Waals surface area contributed by atoms with Gasteiger partial charge in [0.25, 0.3) is 5.91 Å². The van der Waals surface area contributed by atoms with Crippen LogP contribution in [0.25, 0.3) is 11.3 Å². The first-order chi connectivity index (χ1) is 12.7. The number of amides is 1. The van der Waals surface area contributed by atoms with Gasteiger partial charge in [0.05, 0.1) is 24.2 Å². The summed E-state index contributed by atoms with van der Waals surface area (Å²) in [5.41, 5.74) is 5.87. The molecule has 0 aliphatic heterocycles. The predicted octanol–water partition coefficient (Wildman–Crippen LogP) is 2.94. The third-order valence-electron chi connectivity index (χ3n) is 3.73. The van der Waals surface area contributed by atoms with Gasteiger partial charge in [0.15, 0.2) is 0 Å². The molecule has 0 saturated carbocycles. The van der Waals surface area contributed by atoms with Crippen LogP contribution in [0, 0.1) is 6.92 Å². The topological polar surface area (TPSA) is 92.3 Å². The third kappa shape index (κ3) is 3.94. The molecule has 1 amide bonds. The number of H-pyrrole nitrogens is 1. The minimum atomic E-state index is -0.362. The molecule has 0 bridgehead atoms. The van der Waals surface area contributed by atoms with Crippen molar-refractivity contribution < 1.29 is 9.53 Å². The Labute approximate surface area is 151 Å². The summed E-state index contributed by atoms with van der Waals surface area (Å²) in [7, 11) is 0. The van der Waals surface area contributed by atoms with E-state index in [9.17, 15) is 4.79 Å². The minimum absolute atomic E-state index is 0.362. The fourth-order valence-corrected chi connectivity index (χ4v) is 2.44. The minimum Gasteiger partial charge on any atom is -0.494 e. The molecule has 0 aliphatic rings. The van der Waals surface area contributed by atoms with Gasteiger partial charge in [-0.3, -0.25) is 14.9 Å². The van der Waals surface area contributed by atoms with E-state index in [2.05, 4.69) is 25.7 Å². The smallest absolute Gasteiger partial charge is 0.289 e. The Morgan fingerprint density at radius 2 is 2.08 bits per heavy atom. The molecule has 0 spiro atoms. The van der Waals surface area contributed by atoms with Gasteiger partial charge in [0.2, 0.25) is 0 Å². The summed E-state index contributed by atoms with van der Waals surface area (Å²) in [4.78, 5) is 16.4. The molecule has 0 radical (unpaired) electrons. The van der Waals surface area contributed by atoms with E-state index in [-0.39, 0.29) is 5.91 Å². The molecule has 3 rings (SSSR count). The lowest BCUT2D eigenvalue weighted by Crippen LogP contribution is -2.19. The number of hydrogen-bond donors (Lipinski definition) is 2. The number of nitrogens with one attached hydrogen (secondary N) is 2. The van der Waals surface area contributed by atoms with Crippen molar-refractivity contribution in [2.45, 2.75) is 13.8 Å². The number of pyridine rings is 1. The SMILES string of the molecule is CCOc1ccc(-c2n[nH]c(C(=O)NN=Cc3ccccn3)c2C)cc1. The molecule has 0 saturated heterocycles. The number of hydrogen-bond acceptors (Lipinski definition) is 5. The van der Waals surface area contributed by atoms with Crippen molar-refractivity contribution in [3.63, 3.8) is 0 Å². The number of carbonyl (C=O) groups excluding carboxylic acids is 1. The van der Waals surface area contributed by atoms with E-state index >= 15 is 0 Å². The van der Waals surface area contributed by atoms with Gasteiger partial charge in [-0.2, -0.15) is 10.2 Å². The molecule has 2 N–H and O–H groups in total. The maximum absolute atomic E-state index is 12.3. The summed E-state index contributed by atoms with van der Waals surface area (Å²) >= 11 is 0. The standard InChI is InChI=1S/C19H19N5O2/c1-3-26-16-9-7-14(8-10-16)17-13(2)18(23-22-17)19(25)24-21-12-15-6-4-5-11-20-15/h4-12H,3H2,1-2H3,(H,22,23)(H,24,25). The predicted molar refractivity (Wildman–Crippen MR) is 99.2 cm³/mol. The van der Waals surface area contributed by atoms with Crippen LogP contribution in [0.2, 0.25) is 0 Å². The van der Waals surface area contributed by atoms with Gasteiger partial charge in [0, 0.05) is 17.3 Å². The molecule has 7 heteroatoms. The van der Waals surface area contributed by atoms with Crippen molar-refractivity contribution in [3.05, 3.63) is 65.6 Å². The quantitative estimate of drug-likeness (QED) is 0.529. The summed E-state index contributed by atoms with van der Waals surface area (Å²) in [5.74, 6) is 0.436. The molecule has 1 aromatic carbocycles. The molecule has 132 valence electrons. The lowest BCUT2D eigenvalue weighted by atomic mass is 10.1. The van der Waals surface area contributed by atoms with Crippen LogP contribution in [0.1, 0.15) is 28.7 Å². The van der Waals surface area contributed by atoms with Gasteiger partial charge in [-0.05, 0) is 50.2 Å². The number of rotatable bonds is 6. The normalized spacial score (nSPS) is 10.8. The van der Waals surface area contributed by atoms with Crippen LogP contribution < -0.4 is 10.2 Å². The highest BCUT2D eigenvalue weighted by Crippen LogP contribution is 2.25. The second-order valence-corrected chi connectivity index (χ2v) is 5.48. The summed E-state index contributed by atoms with van der Waals surface area (Å²) < 4.78 is 5.44. The molecule has 0 aliphatic carbocycles. The van der Waals surface area contributed by atoms with Crippen molar-refractivity contribution in [1.82, 2.24) is 20.6 Å². The zero-order valence-corrected chi connectivity index (χ0v) is 14.6. The van der Waals surface area contributed by atoms with Gasteiger partial charge in [-0.15, -0.1) is 0 Å². The first-order valence-corrected chi connectivity index (χ1v) is 8.21. The van der Waals surface area contributed by atoms with Crippen LogP contribution in [-0.4, -0.2) is 33.9 Å². The average Bonchev–Trinajstić information content (AvgIpc) is 3.05. The van der Waals surface area contributed by atoms with E-state index in [0.29, 0.717) is 23.7 Å². The second-order valence-electron chi connectivity index (χ2n) is 5.48. The number of benzene rings is 1. The summed E-state index contributed by atoms with van der Waals surface area (Å²) in [6.45, 7) is 4.39. The van der Waals surface area contributed by atoms with Crippen molar-refractivity contribution in [2.24, 2.45) is 5.10 Å². The Morgan fingerprint density at radius 3 is 2.77 bits per heavy atom. The van der Waals surface area contributed by atoms with Crippen LogP contribution in [0.4, 0.5) is 0 Å². The van der Waals surface area contributed by atoms with Gasteiger partial charge in [-0.25, -0.2) is 5.43 Å². The molecule has 2 heterocycles. The fraction of sp³-hybridized carbons (Fsp3) is 0.158. The molecule has 3 aromatic rings. The molecule has 0 atom stereocenters. The van der Waals surface area contributed by atoms with Gasteiger partial charge in [0.1, 0.15) is 11.4 Å². The lowest BCUT2D eigenvalue weighted by Gasteiger charge is -2.04. The first kappa shape index (κ1) is 17.3. The van der Waals surface area contributed by atoms with E-state index in [0.717, 1.165) is 16.9 Å². The molecule has 2 aromatic heterocycles. The summed E-state index contributed by atoms with van der Waals surface area (Å²) in [6.07, 6.45) is 3.14. The van der Waals surface area contributed by atoms with Crippen molar-refractivity contribution >= 4 is 12.1 Å². The average molecular weight is 349 g/mol. The molecular weight excluding hydrogens is 330 g/mol. The van der Waals surface area contributed by atoms with Crippen LogP contribution in [0.5, 0.6) is 5.75 Å². The maximum Gasteiger partial charge on any atom is 0.289 e. The van der Waals surface area contributed by atoms with E-state index in [1.54, 1.807) is 12.3 Å². The number of ether oxygens (including phenoxy) is 1. The van der Waals surface area contributed by atoms with E-state index in [4.69, 9.17) is 4.74 Å². The number of aromatic amines is 1. The highest BCUT2D eigenvalue weighted by Gasteiger charge is 2.16. The van der Waals surface area contributed by atoms with Crippen molar-refractivity contribution in [2.75, 3.05) is 6.61 Å². The van der Waals surface area contributed by atoms with Crippen LogP contribution in [-0.2, 0) is 0 Å². The third-order valence-corrected chi connectivity index (χ3v) is 3.73. The molecule has 26 heavy (non-hydrogen) atoms. The van der Waals surface area contributed by atoms with Crippen molar-refractivity contribution in [3.8, 4) is 17.0 Å². The van der Waals surface area contributed by atoms with Gasteiger partial charge < -0.3 is 4.74 Å². The van der Waals surface area contributed by atoms with Gasteiger partial charge in [-0.1, -0.05) is 6.07 Å². The first-order valence-electron chi connectivity index (χ1n) is 8.21. The Morgan fingerprint density at radius 1 is 1.27 bits per heavy atom. The zero-order valence-electron chi connectivity index (χ0n) is 14.6. The highest BCUT2D eigenvalue weighted by molar-refractivity contribution is 5.95. The van der Waals surface area contributed by atoms with Crippen molar-refractivity contribution in [1.29, 1.82) is 0 Å².